The Morgan fingerprint density at radius 1 is 1.53 bits per heavy atom. The summed E-state index contributed by atoms with van der Waals surface area (Å²) < 4.78 is 7.69. The smallest absolute Gasteiger partial charge is 0.193 e. The first-order chi connectivity index (χ1) is 7.94. The molecule has 0 aliphatic rings. The average molecular weight is 253 g/mol. The number of aromatic nitrogens is 2. The highest BCUT2D eigenvalue weighted by molar-refractivity contribution is 7.15. The lowest BCUT2D eigenvalue weighted by Crippen LogP contribution is -2.33. The van der Waals surface area contributed by atoms with Crippen molar-refractivity contribution in [3.63, 3.8) is 0 Å². The first-order valence-electron chi connectivity index (χ1n) is 5.75. The van der Waals surface area contributed by atoms with Crippen molar-refractivity contribution in [2.75, 3.05) is 6.61 Å². The second-order valence-corrected chi connectivity index (χ2v) is 6.09. The third-order valence-corrected chi connectivity index (χ3v) is 3.12. The van der Waals surface area contributed by atoms with Gasteiger partial charge in [0.15, 0.2) is 4.96 Å². The molecule has 2 heterocycles. The van der Waals surface area contributed by atoms with E-state index in [9.17, 15) is 0 Å². The number of fused-ring (bicyclic) bond motifs is 1. The zero-order chi connectivity index (χ0) is 12.5. The van der Waals surface area contributed by atoms with Crippen LogP contribution in [0.15, 0.2) is 17.8 Å². The van der Waals surface area contributed by atoms with E-state index in [1.165, 1.54) is 0 Å². The van der Waals surface area contributed by atoms with Crippen LogP contribution in [0.5, 0.6) is 0 Å². The van der Waals surface area contributed by atoms with Gasteiger partial charge in [-0.15, -0.1) is 11.3 Å². The number of nitrogens with two attached hydrogens (primary N) is 1. The monoisotopic (exact) mass is 253 g/mol. The fourth-order valence-corrected chi connectivity index (χ4v) is 2.28. The van der Waals surface area contributed by atoms with E-state index in [2.05, 4.69) is 4.98 Å². The van der Waals surface area contributed by atoms with Crippen LogP contribution in [0.1, 0.15) is 26.5 Å². The number of thiazole rings is 1. The van der Waals surface area contributed by atoms with E-state index < -0.39 is 0 Å². The fraction of sp³-hybridized carbons (Fsp3) is 0.583. The minimum atomic E-state index is -0.133. The second-order valence-electron chi connectivity index (χ2n) is 5.21. The second kappa shape index (κ2) is 4.76. The highest BCUT2D eigenvalue weighted by atomic mass is 32.1. The molecule has 0 saturated carbocycles. The Balaban J connectivity index is 1.90. The molecule has 0 aliphatic carbocycles. The summed E-state index contributed by atoms with van der Waals surface area (Å²) in [5.74, 6) is 0. The van der Waals surface area contributed by atoms with Gasteiger partial charge in [-0.2, -0.15) is 0 Å². The summed E-state index contributed by atoms with van der Waals surface area (Å²) in [6.45, 7) is 6.67. The van der Waals surface area contributed by atoms with Gasteiger partial charge in [0.05, 0.1) is 17.9 Å². The van der Waals surface area contributed by atoms with E-state index in [4.69, 9.17) is 10.5 Å². The third kappa shape index (κ3) is 3.52. The van der Waals surface area contributed by atoms with Crippen molar-refractivity contribution in [1.82, 2.24) is 9.38 Å². The standard InChI is InChI=1S/C12H19N3OS/c1-12(2,3)16-8-9(13)6-10-7-15-4-5-17-11(15)14-10/h4-5,7,9H,6,8,13H2,1-3H3. The summed E-state index contributed by atoms with van der Waals surface area (Å²) in [5, 5.41) is 2.02. The summed E-state index contributed by atoms with van der Waals surface area (Å²) in [6.07, 6.45) is 4.79. The molecule has 1 atom stereocenters. The number of hydrogen-bond acceptors (Lipinski definition) is 4. The molecule has 5 heteroatoms. The summed E-state index contributed by atoms with van der Waals surface area (Å²) >= 11 is 1.63. The quantitative estimate of drug-likeness (QED) is 0.907. The van der Waals surface area contributed by atoms with E-state index in [1.54, 1.807) is 11.3 Å². The molecule has 1 unspecified atom stereocenters. The number of imidazole rings is 1. The summed E-state index contributed by atoms with van der Waals surface area (Å²) in [7, 11) is 0. The Bertz CT molecular complexity index is 455. The lowest BCUT2D eigenvalue weighted by Gasteiger charge is -2.22. The Labute approximate surface area is 105 Å². The largest absolute Gasteiger partial charge is 0.374 e. The topological polar surface area (TPSA) is 52.5 Å². The summed E-state index contributed by atoms with van der Waals surface area (Å²) in [6, 6.07) is -0.00108. The molecule has 0 aromatic carbocycles. The van der Waals surface area contributed by atoms with Crippen LogP contribution < -0.4 is 5.73 Å². The zero-order valence-corrected chi connectivity index (χ0v) is 11.3. The van der Waals surface area contributed by atoms with Gasteiger partial charge >= 0.3 is 0 Å². The molecule has 0 saturated heterocycles. The Hall–Kier alpha value is -0.910. The molecule has 0 fully saturated rings. The van der Waals surface area contributed by atoms with Gasteiger partial charge in [-0.25, -0.2) is 4.98 Å². The molecule has 0 amide bonds. The van der Waals surface area contributed by atoms with E-state index in [0.29, 0.717) is 6.61 Å². The fourth-order valence-electron chi connectivity index (χ4n) is 1.56. The average Bonchev–Trinajstić information content (AvgIpc) is 2.73. The Kier molecular flexibility index (Phi) is 3.51. The van der Waals surface area contributed by atoms with Gasteiger partial charge in [0, 0.05) is 30.2 Å². The van der Waals surface area contributed by atoms with Crippen LogP contribution >= 0.6 is 11.3 Å². The number of hydrogen-bond donors (Lipinski definition) is 1. The molecule has 0 aliphatic heterocycles. The van der Waals surface area contributed by atoms with E-state index in [-0.39, 0.29) is 11.6 Å². The van der Waals surface area contributed by atoms with Crippen molar-refractivity contribution in [3.05, 3.63) is 23.5 Å². The summed E-state index contributed by atoms with van der Waals surface area (Å²) in [4.78, 5) is 5.52. The SMILES string of the molecule is CC(C)(C)OCC(N)Cc1cn2ccsc2n1. The number of rotatable bonds is 4. The third-order valence-electron chi connectivity index (χ3n) is 2.34. The van der Waals surface area contributed by atoms with Gasteiger partial charge in [0.1, 0.15) is 0 Å². The highest BCUT2D eigenvalue weighted by Crippen LogP contribution is 2.13. The molecular formula is C12H19N3OS. The van der Waals surface area contributed by atoms with Crippen molar-refractivity contribution < 1.29 is 4.74 Å². The van der Waals surface area contributed by atoms with Crippen molar-refractivity contribution in [1.29, 1.82) is 0 Å². The number of ether oxygens (including phenoxy) is 1. The maximum atomic E-state index is 6.03. The molecule has 17 heavy (non-hydrogen) atoms. The van der Waals surface area contributed by atoms with Crippen molar-refractivity contribution in [3.8, 4) is 0 Å². The zero-order valence-electron chi connectivity index (χ0n) is 10.5. The van der Waals surface area contributed by atoms with Crippen molar-refractivity contribution in [2.24, 2.45) is 5.73 Å². The van der Waals surface area contributed by atoms with Gasteiger partial charge in [0.25, 0.3) is 0 Å². The molecule has 2 N–H and O–H groups in total. The maximum Gasteiger partial charge on any atom is 0.193 e. The molecule has 2 aromatic heterocycles. The number of nitrogens with zero attached hydrogens (tertiary/aromatic N) is 2. The normalized spacial score (nSPS) is 14.4. The first kappa shape index (κ1) is 12.5. The van der Waals surface area contributed by atoms with Gasteiger partial charge in [-0.3, -0.25) is 4.40 Å². The molecule has 2 rings (SSSR count). The van der Waals surface area contributed by atoms with E-state index in [0.717, 1.165) is 17.1 Å². The molecule has 0 bridgehead atoms. The van der Waals surface area contributed by atoms with Gasteiger partial charge in [-0.1, -0.05) is 0 Å². The van der Waals surface area contributed by atoms with E-state index in [1.807, 2.05) is 42.9 Å². The predicted molar refractivity (Wildman–Crippen MR) is 70.5 cm³/mol. The lowest BCUT2D eigenvalue weighted by molar-refractivity contribution is -0.00991. The lowest BCUT2D eigenvalue weighted by atomic mass is 10.1. The molecular weight excluding hydrogens is 234 g/mol. The van der Waals surface area contributed by atoms with Gasteiger partial charge < -0.3 is 10.5 Å². The highest BCUT2D eigenvalue weighted by Gasteiger charge is 2.14. The van der Waals surface area contributed by atoms with Crippen molar-refractivity contribution >= 4 is 16.3 Å². The minimum Gasteiger partial charge on any atom is -0.374 e. The Morgan fingerprint density at radius 3 is 2.94 bits per heavy atom. The van der Waals surface area contributed by atoms with Crippen molar-refractivity contribution in [2.45, 2.75) is 38.8 Å². The molecule has 0 radical (unpaired) electrons. The van der Waals surface area contributed by atoms with Crippen LogP contribution in [0.25, 0.3) is 4.96 Å². The van der Waals surface area contributed by atoms with Crippen LogP contribution in [0.2, 0.25) is 0 Å². The van der Waals surface area contributed by atoms with Gasteiger partial charge in [0.2, 0.25) is 0 Å². The molecule has 4 nitrogen and oxygen atoms in total. The summed E-state index contributed by atoms with van der Waals surface area (Å²) in [5.41, 5.74) is 6.93. The van der Waals surface area contributed by atoms with Crippen LogP contribution in [0.4, 0.5) is 0 Å². The van der Waals surface area contributed by atoms with Crippen LogP contribution in [-0.4, -0.2) is 27.6 Å². The molecule has 94 valence electrons. The predicted octanol–water partition coefficient (Wildman–Crippen LogP) is 2.08. The van der Waals surface area contributed by atoms with Crippen LogP contribution in [0.3, 0.4) is 0 Å². The first-order valence-corrected chi connectivity index (χ1v) is 6.62. The van der Waals surface area contributed by atoms with E-state index >= 15 is 0 Å². The minimum absolute atomic E-state index is 0.00108. The van der Waals surface area contributed by atoms with Crippen LogP contribution in [-0.2, 0) is 11.2 Å². The van der Waals surface area contributed by atoms with Gasteiger partial charge in [-0.05, 0) is 20.8 Å². The molecule has 2 aromatic rings. The molecule has 0 spiro atoms. The van der Waals surface area contributed by atoms with Crippen LogP contribution in [0, 0.1) is 0 Å². The maximum absolute atomic E-state index is 6.03. The Morgan fingerprint density at radius 2 is 2.29 bits per heavy atom.